The lowest BCUT2D eigenvalue weighted by Crippen LogP contribution is -2.38. The number of hydrogen-bond acceptors (Lipinski definition) is 4. The third-order valence-corrected chi connectivity index (χ3v) is 4.66. The number of carbonyl (C=O) groups excluding carboxylic acids is 1. The fourth-order valence-corrected chi connectivity index (χ4v) is 3.03. The number of nitrogens with zero attached hydrogens (tertiary/aromatic N) is 2. The Morgan fingerprint density at radius 3 is 2.48 bits per heavy atom. The molecule has 150 valence electrons. The zero-order valence-electron chi connectivity index (χ0n) is 16.7. The summed E-state index contributed by atoms with van der Waals surface area (Å²) < 4.78 is 6.35. The largest absolute Gasteiger partial charge is 0.497 e. The lowest BCUT2D eigenvalue weighted by molar-refractivity contribution is -0.122. The highest BCUT2D eigenvalue weighted by atomic mass is 16.5. The molecule has 0 spiro atoms. The SMILES string of the molecule is COc1ccc(-c2ccc(=O)n(CC(=O)NC(C)CCc3ccccc3)n2)cc1. The van der Waals surface area contributed by atoms with Crippen LogP contribution >= 0.6 is 0 Å². The summed E-state index contributed by atoms with van der Waals surface area (Å²) in [6.07, 6.45) is 1.71. The quantitative estimate of drug-likeness (QED) is 0.641. The van der Waals surface area contributed by atoms with E-state index in [4.69, 9.17) is 4.74 Å². The maximum atomic E-state index is 12.4. The highest BCUT2D eigenvalue weighted by Crippen LogP contribution is 2.19. The van der Waals surface area contributed by atoms with E-state index in [1.807, 2.05) is 49.4 Å². The van der Waals surface area contributed by atoms with Crippen LogP contribution in [-0.4, -0.2) is 28.8 Å². The Labute approximate surface area is 170 Å². The molecule has 0 fully saturated rings. The summed E-state index contributed by atoms with van der Waals surface area (Å²) in [4.78, 5) is 24.5. The summed E-state index contributed by atoms with van der Waals surface area (Å²) >= 11 is 0. The number of benzene rings is 2. The van der Waals surface area contributed by atoms with Crippen LogP contribution in [0.5, 0.6) is 5.75 Å². The molecule has 1 aromatic heterocycles. The first-order valence-corrected chi connectivity index (χ1v) is 9.61. The molecule has 0 radical (unpaired) electrons. The molecular weight excluding hydrogens is 366 g/mol. The Kier molecular flexibility index (Phi) is 6.79. The van der Waals surface area contributed by atoms with Crippen molar-refractivity contribution in [2.24, 2.45) is 0 Å². The lowest BCUT2D eigenvalue weighted by atomic mass is 10.1. The van der Waals surface area contributed by atoms with Crippen molar-refractivity contribution in [3.8, 4) is 17.0 Å². The number of aromatic nitrogens is 2. The molecular formula is C23H25N3O3. The second-order valence-electron chi connectivity index (χ2n) is 6.94. The number of aryl methyl sites for hydroxylation is 1. The van der Waals surface area contributed by atoms with Gasteiger partial charge in [-0.25, -0.2) is 4.68 Å². The smallest absolute Gasteiger partial charge is 0.267 e. The van der Waals surface area contributed by atoms with E-state index in [2.05, 4.69) is 22.5 Å². The predicted molar refractivity (Wildman–Crippen MR) is 113 cm³/mol. The fraction of sp³-hybridized carbons (Fsp3) is 0.261. The first-order valence-electron chi connectivity index (χ1n) is 9.61. The third kappa shape index (κ3) is 5.78. The van der Waals surface area contributed by atoms with Crippen molar-refractivity contribution < 1.29 is 9.53 Å². The van der Waals surface area contributed by atoms with Crippen molar-refractivity contribution in [3.05, 3.63) is 82.6 Å². The summed E-state index contributed by atoms with van der Waals surface area (Å²) in [7, 11) is 1.60. The Morgan fingerprint density at radius 1 is 1.07 bits per heavy atom. The second-order valence-corrected chi connectivity index (χ2v) is 6.94. The number of amides is 1. The predicted octanol–water partition coefficient (Wildman–Crippen LogP) is 3.06. The van der Waals surface area contributed by atoms with Gasteiger partial charge in [0, 0.05) is 17.7 Å². The van der Waals surface area contributed by atoms with E-state index < -0.39 is 0 Å². The number of rotatable bonds is 8. The van der Waals surface area contributed by atoms with E-state index in [0.717, 1.165) is 24.2 Å². The summed E-state index contributed by atoms with van der Waals surface area (Å²) in [5.74, 6) is 0.512. The van der Waals surface area contributed by atoms with Crippen molar-refractivity contribution >= 4 is 5.91 Å². The maximum absolute atomic E-state index is 12.4. The van der Waals surface area contributed by atoms with Crippen LogP contribution in [0.25, 0.3) is 11.3 Å². The van der Waals surface area contributed by atoms with Gasteiger partial charge in [0.05, 0.1) is 12.8 Å². The molecule has 1 unspecified atom stereocenters. The molecule has 3 aromatic rings. The van der Waals surface area contributed by atoms with Gasteiger partial charge < -0.3 is 10.1 Å². The Bertz CT molecular complexity index is 998. The van der Waals surface area contributed by atoms with Gasteiger partial charge in [-0.3, -0.25) is 9.59 Å². The number of ether oxygens (including phenoxy) is 1. The van der Waals surface area contributed by atoms with Gasteiger partial charge in [-0.1, -0.05) is 30.3 Å². The molecule has 2 aromatic carbocycles. The highest BCUT2D eigenvalue weighted by molar-refractivity contribution is 5.76. The average molecular weight is 391 g/mol. The molecule has 0 saturated heterocycles. The van der Waals surface area contributed by atoms with Crippen LogP contribution in [0, 0.1) is 0 Å². The molecule has 6 nitrogen and oxygen atoms in total. The molecule has 0 bridgehead atoms. The minimum Gasteiger partial charge on any atom is -0.497 e. The van der Waals surface area contributed by atoms with E-state index in [-0.39, 0.29) is 24.1 Å². The van der Waals surface area contributed by atoms with Gasteiger partial charge in [0.25, 0.3) is 5.56 Å². The van der Waals surface area contributed by atoms with Crippen molar-refractivity contribution in [3.63, 3.8) is 0 Å². The van der Waals surface area contributed by atoms with Gasteiger partial charge in [0.15, 0.2) is 0 Å². The number of carbonyl (C=O) groups is 1. The summed E-state index contributed by atoms with van der Waals surface area (Å²) in [5.41, 5.74) is 2.39. The molecule has 0 saturated carbocycles. The van der Waals surface area contributed by atoms with Crippen molar-refractivity contribution in [2.75, 3.05) is 7.11 Å². The van der Waals surface area contributed by atoms with Crippen LogP contribution in [0.15, 0.2) is 71.5 Å². The van der Waals surface area contributed by atoms with E-state index in [1.165, 1.54) is 16.3 Å². The fourth-order valence-electron chi connectivity index (χ4n) is 3.03. The molecule has 0 aliphatic carbocycles. The molecule has 3 rings (SSSR count). The standard InChI is InChI=1S/C23H25N3O3/c1-17(8-9-18-6-4-3-5-7-18)24-22(27)16-26-23(28)15-14-21(25-26)19-10-12-20(29-2)13-11-19/h3-7,10-15,17H,8-9,16H2,1-2H3,(H,24,27). The van der Waals surface area contributed by atoms with Crippen LogP contribution in [-0.2, 0) is 17.8 Å². The number of nitrogens with one attached hydrogen (secondary N) is 1. The summed E-state index contributed by atoms with van der Waals surface area (Å²) in [6, 6.07) is 20.6. The lowest BCUT2D eigenvalue weighted by Gasteiger charge is -2.14. The molecule has 1 heterocycles. The molecule has 6 heteroatoms. The minimum atomic E-state index is -0.311. The van der Waals surface area contributed by atoms with E-state index in [0.29, 0.717) is 5.69 Å². The Hall–Kier alpha value is -3.41. The molecule has 1 N–H and O–H groups in total. The van der Waals surface area contributed by atoms with Crippen molar-refractivity contribution in [1.29, 1.82) is 0 Å². The summed E-state index contributed by atoms with van der Waals surface area (Å²) in [5, 5.41) is 7.29. The topological polar surface area (TPSA) is 73.2 Å². The average Bonchev–Trinajstić information content (AvgIpc) is 2.74. The second kappa shape index (κ2) is 9.68. The normalized spacial score (nSPS) is 11.7. The van der Waals surface area contributed by atoms with Gasteiger partial charge in [-0.2, -0.15) is 5.10 Å². The van der Waals surface area contributed by atoms with Crippen LogP contribution in [0.3, 0.4) is 0 Å². The maximum Gasteiger partial charge on any atom is 0.267 e. The van der Waals surface area contributed by atoms with Crippen molar-refractivity contribution in [1.82, 2.24) is 15.1 Å². The van der Waals surface area contributed by atoms with Crippen LogP contribution in [0.4, 0.5) is 0 Å². The molecule has 29 heavy (non-hydrogen) atoms. The van der Waals surface area contributed by atoms with Crippen LogP contribution < -0.4 is 15.6 Å². The molecule has 0 aliphatic rings. The monoisotopic (exact) mass is 391 g/mol. The zero-order chi connectivity index (χ0) is 20.6. The van der Waals surface area contributed by atoms with E-state index >= 15 is 0 Å². The Morgan fingerprint density at radius 2 is 1.79 bits per heavy atom. The van der Waals surface area contributed by atoms with E-state index in [9.17, 15) is 9.59 Å². The first kappa shape index (κ1) is 20.3. The molecule has 1 amide bonds. The molecule has 0 aliphatic heterocycles. The van der Waals surface area contributed by atoms with Crippen molar-refractivity contribution in [2.45, 2.75) is 32.4 Å². The van der Waals surface area contributed by atoms with Gasteiger partial charge >= 0.3 is 0 Å². The van der Waals surface area contributed by atoms with Gasteiger partial charge in [0.1, 0.15) is 12.3 Å². The third-order valence-electron chi connectivity index (χ3n) is 4.66. The highest BCUT2D eigenvalue weighted by Gasteiger charge is 2.11. The minimum absolute atomic E-state index is 0.00294. The first-order chi connectivity index (χ1) is 14.0. The van der Waals surface area contributed by atoms with E-state index in [1.54, 1.807) is 13.2 Å². The number of methoxy groups -OCH3 is 1. The van der Waals surface area contributed by atoms with Gasteiger partial charge in [-0.15, -0.1) is 0 Å². The van der Waals surface area contributed by atoms with Gasteiger partial charge in [-0.05, 0) is 55.7 Å². The Balaban J connectivity index is 1.61. The van der Waals surface area contributed by atoms with Crippen LogP contribution in [0.2, 0.25) is 0 Å². The zero-order valence-corrected chi connectivity index (χ0v) is 16.7. The summed E-state index contributed by atoms with van der Waals surface area (Å²) in [6.45, 7) is 1.85. The molecule has 1 atom stereocenters. The van der Waals surface area contributed by atoms with Gasteiger partial charge in [0.2, 0.25) is 5.91 Å². The number of hydrogen-bond donors (Lipinski definition) is 1. The van der Waals surface area contributed by atoms with Crippen LogP contribution in [0.1, 0.15) is 18.9 Å².